The maximum Gasteiger partial charge on any atom is 0.145 e. The van der Waals surface area contributed by atoms with E-state index in [9.17, 15) is 4.79 Å². The van der Waals surface area contributed by atoms with Crippen LogP contribution in [0.5, 0.6) is 0 Å². The van der Waals surface area contributed by atoms with Crippen LogP contribution in [0.25, 0.3) is 0 Å². The Bertz CT molecular complexity index is 277. The lowest BCUT2D eigenvalue weighted by atomic mass is 9.90. The molecule has 0 amide bonds. The van der Waals surface area contributed by atoms with Crippen molar-refractivity contribution >= 4 is 5.78 Å². The summed E-state index contributed by atoms with van der Waals surface area (Å²) in [5.74, 6) is 1.12. The first-order chi connectivity index (χ1) is 6.65. The summed E-state index contributed by atoms with van der Waals surface area (Å²) in [4.78, 5) is 11.7. The van der Waals surface area contributed by atoms with Crippen LogP contribution in [0.3, 0.4) is 0 Å². The van der Waals surface area contributed by atoms with E-state index in [0.717, 1.165) is 0 Å². The van der Waals surface area contributed by atoms with Crippen LogP contribution in [-0.4, -0.2) is 12.3 Å². The van der Waals surface area contributed by atoms with Crippen molar-refractivity contribution in [2.45, 2.75) is 20.3 Å². The third-order valence-corrected chi connectivity index (χ3v) is 2.40. The van der Waals surface area contributed by atoms with Gasteiger partial charge in [0.05, 0.1) is 12.7 Å². The van der Waals surface area contributed by atoms with Crippen molar-refractivity contribution in [3.05, 3.63) is 24.2 Å². The van der Waals surface area contributed by atoms with Crippen LogP contribution in [0.15, 0.2) is 22.8 Å². The second-order valence-electron chi connectivity index (χ2n) is 3.81. The molecule has 3 nitrogen and oxygen atoms in total. The van der Waals surface area contributed by atoms with Crippen LogP contribution in [-0.2, 0) is 11.2 Å². The zero-order valence-corrected chi connectivity index (χ0v) is 8.69. The van der Waals surface area contributed by atoms with Gasteiger partial charge in [0.15, 0.2) is 0 Å². The lowest BCUT2D eigenvalue weighted by Gasteiger charge is -2.16. The van der Waals surface area contributed by atoms with Crippen molar-refractivity contribution in [2.24, 2.45) is 17.6 Å². The minimum atomic E-state index is -0.0555. The number of hydrogen-bond acceptors (Lipinski definition) is 3. The Kier molecular flexibility index (Phi) is 3.89. The van der Waals surface area contributed by atoms with E-state index in [-0.39, 0.29) is 11.7 Å². The van der Waals surface area contributed by atoms with E-state index in [2.05, 4.69) is 0 Å². The van der Waals surface area contributed by atoms with Gasteiger partial charge in [-0.25, -0.2) is 0 Å². The van der Waals surface area contributed by atoms with Gasteiger partial charge in [0, 0.05) is 12.5 Å². The molecule has 0 saturated heterocycles. The molecule has 78 valence electrons. The standard InChI is InChI=1S/C11H17NO2/c1-8(2)10(7-12)11(13)6-9-4-3-5-14-9/h3-5,8,10H,6-7,12H2,1-2H3. The van der Waals surface area contributed by atoms with E-state index < -0.39 is 0 Å². The van der Waals surface area contributed by atoms with Crippen molar-refractivity contribution in [1.29, 1.82) is 0 Å². The quantitative estimate of drug-likeness (QED) is 0.776. The van der Waals surface area contributed by atoms with Gasteiger partial charge in [-0.1, -0.05) is 13.8 Å². The highest BCUT2D eigenvalue weighted by Crippen LogP contribution is 2.13. The third-order valence-electron chi connectivity index (χ3n) is 2.40. The van der Waals surface area contributed by atoms with Crippen molar-refractivity contribution in [1.82, 2.24) is 0 Å². The molecule has 1 rings (SSSR count). The molecule has 14 heavy (non-hydrogen) atoms. The highest BCUT2D eigenvalue weighted by atomic mass is 16.3. The minimum absolute atomic E-state index is 0.0555. The molecule has 1 atom stereocenters. The van der Waals surface area contributed by atoms with Crippen LogP contribution in [0.4, 0.5) is 0 Å². The molecule has 1 heterocycles. The lowest BCUT2D eigenvalue weighted by Crippen LogP contribution is -2.29. The maximum absolute atomic E-state index is 11.7. The van der Waals surface area contributed by atoms with E-state index >= 15 is 0 Å². The average molecular weight is 195 g/mol. The summed E-state index contributed by atoms with van der Waals surface area (Å²) in [6.07, 6.45) is 1.93. The number of rotatable bonds is 5. The molecule has 0 bridgehead atoms. The fraction of sp³-hybridized carbons (Fsp3) is 0.545. The van der Waals surface area contributed by atoms with Gasteiger partial charge in [-0.3, -0.25) is 4.79 Å². The fourth-order valence-corrected chi connectivity index (χ4v) is 1.49. The van der Waals surface area contributed by atoms with Gasteiger partial charge in [0.25, 0.3) is 0 Å². The van der Waals surface area contributed by atoms with Crippen LogP contribution >= 0.6 is 0 Å². The summed E-state index contributed by atoms with van der Waals surface area (Å²) >= 11 is 0. The van der Waals surface area contributed by atoms with E-state index in [4.69, 9.17) is 10.2 Å². The molecule has 0 aliphatic carbocycles. The first-order valence-electron chi connectivity index (χ1n) is 4.90. The van der Waals surface area contributed by atoms with E-state index in [1.165, 1.54) is 0 Å². The van der Waals surface area contributed by atoms with Gasteiger partial charge in [0.2, 0.25) is 0 Å². The molecule has 0 aliphatic heterocycles. The average Bonchev–Trinajstić information content (AvgIpc) is 2.57. The Balaban J connectivity index is 2.56. The van der Waals surface area contributed by atoms with Gasteiger partial charge < -0.3 is 10.2 Å². The Labute approximate surface area is 84.3 Å². The van der Waals surface area contributed by atoms with Crippen molar-refractivity contribution < 1.29 is 9.21 Å². The highest BCUT2D eigenvalue weighted by Gasteiger charge is 2.21. The second kappa shape index (κ2) is 4.96. The van der Waals surface area contributed by atoms with E-state index in [1.807, 2.05) is 19.9 Å². The second-order valence-corrected chi connectivity index (χ2v) is 3.81. The molecule has 2 N–H and O–H groups in total. The van der Waals surface area contributed by atoms with E-state index in [0.29, 0.717) is 24.6 Å². The maximum atomic E-state index is 11.7. The molecule has 0 spiro atoms. The summed E-state index contributed by atoms with van der Waals surface area (Å²) in [6.45, 7) is 4.44. The number of nitrogens with two attached hydrogens (primary N) is 1. The first-order valence-corrected chi connectivity index (χ1v) is 4.90. The SMILES string of the molecule is CC(C)C(CN)C(=O)Cc1ccco1. The zero-order valence-electron chi connectivity index (χ0n) is 8.69. The predicted octanol–water partition coefficient (Wildman–Crippen LogP) is 1.62. The zero-order chi connectivity index (χ0) is 10.6. The Morgan fingerprint density at radius 3 is 2.71 bits per heavy atom. The van der Waals surface area contributed by atoms with Gasteiger partial charge in [-0.15, -0.1) is 0 Å². The monoisotopic (exact) mass is 195 g/mol. The smallest absolute Gasteiger partial charge is 0.145 e. The molecule has 0 radical (unpaired) electrons. The summed E-state index contributed by atoms with van der Waals surface area (Å²) < 4.78 is 5.12. The molecule has 0 saturated carbocycles. The predicted molar refractivity (Wildman–Crippen MR) is 54.8 cm³/mol. The Morgan fingerprint density at radius 1 is 1.57 bits per heavy atom. The summed E-state index contributed by atoms with van der Waals surface area (Å²) in [6, 6.07) is 3.60. The van der Waals surface area contributed by atoms with Gasteiger partial charge >= 0.3 is 0 Å². The number of carbonyl (C=O) groups is 1. The number of Topliss-reactive ketones (excluding diaryl/α,β-unsaturated/α-hetero) is 1. The highest BCUT2D eigenvalue weighted by molar-refractivity contribution is 5.83. The van der Waals surface area contributed by atoms with Crippen LogP contribution in [0.2, 0.25) is 0 Å². The number of ketones is 1. The fourth-order valence-electron chi connectivity index (χ4n) is 1.49. The van der Waals surface area contributed by atoms with Crippen LogP contribution < -0.4 is 5.73 Å². The van der Waals surface area contributed by atoms with Crippen LogP contribution in [0.1, 0.15) is 19.6 Å². The number of hydrogen-bond donors (Lipinski definition) is 1. The molecule has 1 aromatic rings. The third kappa shape index (κ3) is 2.70. The van der Waals surface area contributed by atoms with Crippen molar-refractivity contribution in [3.63, 3.8) is 0 Å². The molecule has 0 aliphatic rings. The van der Waals surface area contributed by atoms with E-state index in [1.54, 1.807) is 12.3 Å². The Morgan fingerprint density at radius 2 is 2.29 bits per heavy atom. The number of furan rings is 1. The van der Waals surface area contributed by atoms with Crippen molar-refractivity contribution in [2.75, 3.05) is 6.54 Å². The first kappa shape index (κ1) is 11.0. The summed E-state index contributed by atoms with van der Waals surface area (Å²) in [5.41, 5.74) is 5.55. The van der Waals surface area contributed by atoms with Crippen molar-refractivity contribution in [3.8, 4) is 0 Å². The number of carbonyl (C=O) groups excluding carboxylic acids is 1. The molecule has 0 fully saturated rings. The normalized spacial score (nSPS) is 13.1. The molecule has 0 aromatic carbocycles. The molecular formula is C11H17NO2. The molecular weight excluding hydrogens is 178 g/mol. The summed E-state index contributed by atoms with van der Waals surface area (Å²) in [7, 11) is 0. The summed E-state index contributed by atoms with van der Waals surface area (Å²) in [5, 5.41) is 0. The minimum Gasteiger partial charge on any atom is -0.469 e. The molecule has 1 aromatic heterocycles. The van der Waals surface area contributed by atoms with Gasteiger partial charge in [0.1, 0.15) is 11.5 Å². The van der Waals surface area contributed by atoms with Crippen LogP contribution in [0, 0.1) is 11.8 Å². The lowest BCUT2D eigenvalue weighted by molar-refractivity contribution is -0.123. The van der Waals surface area contributed by atoms with Gasteiger partial charge in [-0.2, -0.15) is 0 Å². The molecule has 1 unspecified atom stereocenters. The topological polar surface area (TPSA) is 56.2 Å². The Hall–Kier alpha value is -1.09. The molecule has 3 heteroatoms. The largest absolute Gasteiger partial charge is 0.469 e. The van der Waals surface area contributed by atoms with Gasteiger partial charge in [-0.05, 0) is 18.1 Å².